The largest absolute Gasteiger partial charge is 0.497 e. The summed E-state index contributed by atoms with van der Waals surface area (Å²) in [6.45, 7) is 2.07. The van der Waals surface area contributed by atoms with Crippen molar-refractivity contribution in [3.05, 3.63) is 36.4 Å². The van der Waals surface area contributed by atoms with Gasteiger partial charge in [-0.1, -0.05) is 0 Å². The number of amides is 1. The zero-order chi connectivity index (χ0) is 18.6. The van der Waals surface area contributed by atoms with Crippen molar-refractivity contribution >= 4 is 23.0 Å². The highest BCUT2D eigenvalue weighted by Gasteiger charge is 2.25. The molecule has 0 saturated carbocycles. The van der Waals surface area contributed by atoms with Gasteiger partial charge >= 0.3 is 0 Å². The normalized spacial score (nSPS) is 17.2. The van der Waals surface area contributed by atoms with Gasteiger partial charge in [0.05, 0.1) is 13.7 Å². The molecule has 2 aromatic heterocycles. The zero-order valence-electron chi connectivity index (χ0n) is 15.3. The number of ether oxygens (including phenoxy) is 1. The number of aromatic nitrogens is 3. The molecule has 1 amide bonds. The van der Waals surface area contributed by atoms with Crippen LogP contribution in [0.1, 0.15) is 25.1 Å². The summed E-state index contributed by atoms with van der Waals surface area (Å²) in [7, 11) is 1.63. The van der Waals surface area contributed by atoms with E-state index in [1.807, 2.05) is 18.2 Å². The summed E-state index contributed by atoms with van der Waals surface area (Å²) in [5.74, 6) is 1.84. The summed E-state index contributed by atoms with van der Waals surface area (Å²) in [6.07, 6.45) is 5.95. The average molecular weight is 369 g/mol. The van der Waals surface area contributed by atoms with Gasteiger partial charge in [-0.3, -0.25) is 4.79 Å². The van der Waals surface area contributed by atoms with Crippen LogP contribution in [-0.4, -0.2) is 41.1 Å². The van der Waals surface area contributed by atoms with Crippen LogP contribution in [0.4, 0.5) is 6.01 Å². The number of hydrogen-bond donors (Lipinski definition) is 2. The summed E-state index contributed by atoms with van der Waals surface area (Å²) in [6, 6.07) is 6.21. The first-order chi connectivity index (χ1) is 13.2. The van der Waals surface area contributed by atoms with Gasteiger partial charge in [0.25, 0.3) is 6.01 Å². The Labute approximate surface area is 156 Å². The molecule has 27 heavy (non-hydrogen) atoms. The van der Waals surface area contributed by atoms with Crippen LogP contribution in [0, 0.1) is 5.92 Å². The molecule has 3 aromatic rings. The Balaban J connectivity index is 1.36. The summed E-state index contributed by atoms with van der Waals surface area (Å²) in [4.78, 5) is 26.1. The van der Waals surface area contributed by atoms with Crippen LogP contribution in [-0.2, 0) is 11.3 Å². The molecule has 4 rings (SSSR count). The number of benzene rings is 1. The topological polar surface area (TPSA) is 96.3 Å². The number of H-pyrrole nitrogens is 1. The maximum absolute atomic E-state index is 12.2. The summed E-state index contributed by atoms with van der Waals surface area (Å²) >= 11 is 0. The Kier molecular flexibility index (Phi) is 4.95. The van der Waals surface area contributed by atoms with Crippen LogP contribution in [0.25, 0.3) is 11.1 Å². The molecule has 1 saturated heterocycles. The number of oxazole rings is 1. The number of aromatic amines is 1. The van der Waals surface area contributed by atoms with E-state index in [0.29, 0.717) is 19.0 Å². The van der Waals surface area contributed by atoms with Crippen molar-refractivity contribution in [2.24, 2.45) is 5.92 Å². The van der Waals surface area contributed by atoms with Crippen LogP contribution in [0.5, 0.6) is 5.75 Å². The first kappa shape index (κ1) is 17.4. The number of anilines is 1. The molecule has 8 nitrogen and oxygen atoms in total. The van der Waals surface area contributed by atoms with Gasteiger partial charge in [0, 0.05) is 38.0 Å². The van der Waals surface area contributed by atoms with E-state index in [1.165, 1.54) is 0 Å². The smallest absolute Gasteiger partial charge is 0.298 e. The third-order valence-electron chi connectivity index (χ3n) is 4.85. The average Bonchev–Trinajstić information content (AvgIpc) is 3.35. The third kappa shape index (κ3) is 4.05. The molecular weight excluding hydrogens is 346 g/mol. The third-order valence-corrected chi connectivity index (χ3v) is 4.85. The first-order valence-corrected chi connectivity index (χ1v) is 9.16. The van der Waals surface area contributed by atoms with E-state index in [-0.39, 0.29) is 11.8 Å². The number of imidazole rings is 1. The van der Waals surface area contributed by atoms with Gasteiger partial charge in [0.2, 0.25) is 5.91 Å². The highest BCUT2D eigenvalue weighted by molar-refractivity contribution is 5.77. The summed E-state index contributed by atoms with van der Waals surface area (Å²) in [5, 5.41) is 2.92. The number of methoxy groups -OCH3 is 1. The van der Waals surface area contributed by atoms with Gasteiger partial charge < -0.3 is 24.4 Å². The second-order valence-electron chi connectivity index (χ2n) is 6.80. The Morgan fingerprint density at radius 2 is 2.41 bits per heavy atom. The second-order valence-corrected chi connectivity index (χ2v) is 6.80. The molecule has 1 aromatic carbocycles. The number of nitrogens with one attached hydrogen (secondary N) is 2. The summed E-state index contributed by atoms with van der Waals surface area (Å²) < 4.78 is 11.1. The van der Waals surface area contributed by atoms with E-state index in [0.717, 1.165) is 48.6 Å². The lowest BCUT2D eigenvalue weighted by molar-refractivity contribution is -0.122. The van der Waals surface area contributed by atoms with Gasteiger partial charge in [-0.25, -0.2) is 4.98 Å². The number of hydrogen-bond acceptors (Lipinski definition) is 6. The lowest BCUT2D eigenvalue weighted by Crippen LogP contribution is -2.38. The van der Waals surface area contributed by atoms with Crippen molar-refractivity contribution in [1.29, 1.82) is 0 Å². The maximum Gasteiger partial charge on any atom is 0.298 e. The zero-order valence-corrected chi connectivity index (χ0v) is 15.3. The minimum absolute atomic E-state index is 0.0422. The SMILES string of the molecule is COc1ccc2oc(N3CCCC(CC(=O)NCc4ncc[nH]4)C3)nc2c1. The fourth-order valence-electron chi connectivity index (χ4n) is 3.47. The Morgan fingerprint density at radius 3 is 3.22 bits per heavy atom. The van der Waals surface area contributed by atoms with Crippen LogP contribution in [0.3, 0.4) is 0 Å². The number of fused-ring (bicyclic) bond motifs is 1. The molecule has 3 heterocycles. The Bertz CT molecular complexity index is 905. The molecule has 0 spiro atoms. The van der Waals surface area contributed by atoms with Gasteiger partial charge in [-0.05, 0) is 30.9 Å². The monoisotopic (exact) mass is 369 g/mol. The molecule has 1 aliphatic rings. The molecule has 2 N–H and O–H groups in total. The number of rotatable bonds is 6. The van der Waals surface area contributed by atoms with Gasteiger partial charge in [-0.15, -0.1) is 0 Å². The molecule has 1 atom stereocenters. The molecule has 0 aliphatic carbocycles. The van der Waals surface area contributed by atoms with Gasteiger partial charge in [0.1, 0.15) is 17.1 Å². The van der Waals surface area contributed by atoms with Crippen molar-refractivity contribution in [1.82, 2.24) is 20.3 Å². The molecular formula is C19H23N5O3. The maximum atomic E-state index is 12.2. The van der Waals surface area contributed by atoms with Gasteiger partial charge in [-0.2, -0.15) is 4.98 Å². The molecule has 8 heteroatoms. The Morgan fingerprint density at radius 1 is 1.48 bits per heavy atom. The van der Waals surface area contributed by atoms with E-state index < -0.39 is 0 Å². The molecule has 1 aliphatic heterocycles. The van der Waals surface area contributed by atoms with Crippen LogP contribution in [0.2, 0.25) is 0 Å². The highest BCUT2D eigenvalue weighted by atomic mass is 16.5. The van der Waals surface area contributed by atoms with E-state index in [9.17, 15) is 4.79 Å². The van der Waals surface area contributed by atoms with Crippen LogP contribution < -0.4 is 15.0 Å². The highest BCUT2D eigenvalue weighted by Crippen LogP contribution is 2.29. The van der Waals surface area contributed by atoms with Crippen molar-refractivity contribution in [2.75, 3.05) is 25.1 Å². The van der Waals surface area contributed by atoms with E-state index >= 15 is 0 Å². The number of piperidine rings is 1. The van der Waals surface area contributed by atoms with Crippen molar-refractivity contribution in [3.63, 3.8) is 0 Å². The number of carbonyl (C=O) groups is 1. The fourth-order valence-corrected chi connectivity index (χ4v) is 3.47. The predicted octanol–water partition coefficient (Wildman–Crippen LogP) is 2.48. The van der Waals surface area contributed by atoms with E-state index in [2.05, 4.69) is 25.2 Å². The minimum Gasteiger partial charge on any atom is -0.497 e. The number of nitrogens with zero attached hydrogens (tertiary/aromatic N) is 3. The molecule has 1 fully saturated rings. The predicted molar refractivity (Wildman–Crippen MR) is 101 cm³/mol. The van der Waals surface area contributed by atoms with Gasteiger partial charge in [0.15, 0.2) is 5.58 Å². The second kappa shape index (κ2) is 7.69. The van der Waals surface area contributed by atoms with Crippen LogP contribution in [0.15, 0.2) is 35.0 Å². The minimum atomic E-state index is 0.0422. The molecule has 0 bridgehead atoms. The van der Waals surface area contributed by atoms with Crippen molar-refractivity contribution < 1.29 is 13.9 Å². The van der Waals surface area contributed by atoms with Crippen molar-refractivity contribution in [3.8, 4) is 5.75 Å². The fraction of sp³-hybridized carbons (Fsp3) is 0.421. The molecule has 1 unspecified atom stereocenters. The summed E-state index contributed by atoms with van der Waals surface area (Å²) in [5.41, 5.74) is 1.52. The quantitative estimate of drug-likeness (QED) is 0.693. The van der Waals surface area contributed by atoms with E-state index in [1.54, 1.807) is 19.5 Å². The standard InChI is InChI=1S/C19H23N5O3/c1-26-14-4-5-16-15(10-14)23-19(27-16)24-8-2-3-13(12-24)9-18(25)22-11-17-20-6-7-21-17/h4-7,10,13H,2-3,8-9,11-12H2,1H3,(H,20,21)(H,22,25). The Hall–Kier alpha value is -3.03. The molecule has 142 valence electrons. The van der Waals surface area contributed by atoms with E-state index in [4.69, 9.17) is 9.15 Å². The first-order valence-electron chi connectivity index (χ1n) is 9.16. The van der Waals surface area contributed by atoms with Crippen LogP contribution >= 0.6 is 0 Å². The lowest BCUT2D eigenvalue weighted by Gasteiger charge is -2.31. The molecule has 0 radical (unpaired) electrons. The van der Waals surface area contributed by atoms with Crippen molar-refractivity contribution in [2.45, 2.75) is 25.8 Å². The number of carbonyl (C=O) groups excluding carboxylic acids is 1. The lowest BCUT2D eigenvalue weighted by atomic mass is 9.94.